The van der Waals surface area contributed by atoms with Gasteiger partial charge in [-0.2, -0.15) is 0 Å². The van der Waals surface area contributed by atoms with Crippen molar-refractivity contribution >= 4 is 0 Å². The number of rotatable bonds is 2. The molecule has 0 aromatic heterocycles. The summed E-state index contributed by atoms with van der Waals surface area (Å²) in [6, 6.07) is 10.1. The van der Waals surface area contributed by atoms with E-state index in [0.717, 1.165) is 6.54 Å². The number of β-amino-alcohol motifs (C(OH)–C–C–N with tert-alkyl or cyclic N) is 2. The maximum atomic E-state index is 9.35. The van der Waals surface area contributed by atoms with Crippen molar-refractivity contribution in [2.75, 3.05) is 13.1 Å². The largest absolute Gasteiger partial charge is 0.389 e. The smallest absolute Gasteiger partial charge is 0.0938 e. The molecule has 1 aromatic carbocycles. The standard InChI is InChI=1S/C11H15NO2/c13-10-7-12(8-11(10)14)6-9-4-2-1-3-5-9/h1-5,10-11,13-14H,6-8H2/t10-,11?/m1/s1. The summed E-state index contributed by atoms with van der Waals surface area (Å²) < 4.78 is 0. The van der Waals surface area contributed by atoms with E-state index in [1.165, 1.54) is 5.56 Å². The van der Waals surface area contributed by atoms with Gasteiger partial charge in [-0.25, -0.2) is 0 Å². The molecule has 0 spiro atoms. The van der Waals surface area contributed by atoms with Crippen LogP contribution in [0, 0.1) is 0 Å². The zero-order valence-electron chi connectivity index (χ0n) is 8.00. The molecule has 1 aliphatic rings. The Morgan fingerprint density at radius 1 is 1.07 bits per heavy atom. The molecule has 0 saturated carbocycles. The summed E-state index contributed by atoms with van der Waals surface area (Å²) in [5.74, 6) is 0. The first-order chi connectivity index (χ1) is 6.75. The van der Waals surface area contributed by atoms with Gasteiger partial charge in [-0.15, -0.1) is 0 Å². The normalized spacial score (nSPS) is 28.1. The highest BCUT2D eigenvalue weighted by Gasteiger charge is 2.28. The predicted molar refractivity (Wildman–Crippen MR) is 53.7 cm³/mol. The monoisotopic (exact) mass is 193 g/mol. The molecule has 2 N–H and O–H groups in total. The van der Waals surface area contributed by atoms with Gasteiger partial charge in [-0.05, 0) is 5.56 Å². The van der Waals surface area contributed by atoms with Crippen LogP contribution in [0.5, 0.6) is 0 Å². The van der Waals surface area contributed by atoms with E-state index in [0.29, 0.717) is 13.1 Å². The first-order valence-corrected chi connectivity index (χ1v) is 4.88. The van der Waals surface area contributed by atoms with Crippen LogP contribution in [0.3, 0.4) is 0 Å². The van der Waals surface area contributed by atoms with Gasteiger partial charge in [0, 0.05) is 19.6 Å². The van der Waals surface area contributed by atoms with Gasteiger partial charge < -0.3 is 10.2 Å². The van der Waals surface area contributed by atoms with Gasteiger partial charge in [-0.3, -0.25) is 4.90 Å². The Balaban J connectivity index is 1.94. The highest BCUT2D eigenvalue weighted by atomic mass is 16.3. The van der Waals surface area contributed by atoms with Gasteiger partial charge in [0.25, 0.3) is 0 Å². The van der Waals surface area contributed by atoms with E-state index in [2.05, 4.69) is 17.0 Å². The van der Waals surface area contributed by atoms with Gasteiger partial charge >= 0.3 is 0 Å². The van der Waals surface area contributed by atoms with E-state index in [4.69, 9.17) is 0 Å². The van der Waals surface area contributed by atoms with Crippen LogP contribution in [0.15, 0.2) is 30.3 Å². The quantitative estimate of drug-likeness (QED) is 0.706. The Bertz CT molecular complexity index is 279. The molecule has 0 bridgehead atoms. The van der Waals surface area contributed by atoms with Crippen LogP contribution in [0.1, 0.15) is 5.56 Å². The minimum absolute atomic E-state index is 0.566. The highest BCUT2D eigenvalue weighted by molar-refractivity contribution is 5.14. The van der Waals surface area contributed by atoms with Crippen LogP contribution in [-0.2, 0) is 6.54 Å². The number of aliphatic hydroxyl groups excluding tert-OH is 2. The van der Waals surface area contributed by atoms with Gasteiger partial charge in [0.1, 0.15) is 0 Å². The van der Waals surface area contributed by atoms with Gasteiger partial charge in [-0.1, -0.05) is 30.3 Å². The molecule has 0 radical (unpaired) electrons. The minimum atomic E-state index is -0.585. The Hall–Kier alpha value is -0.900. The van der Waals surface area contributed by atoms with Crippen LogP contribution in [0.25, 0.3) is 0 Å². The van der Waals surface area contributed by atoms with Crippen molar-refractivity contribution in [3.8, 4) is 0 Å². The first kappa shape index (κ1) is 9.65. The molecule has 3 nitrogen and oxygen atoms in total. The highest BCUT2D eigenvalue weighted by Crippen LogP contribution is 2.13. The zero-order chi connectivity index (χ0) is 9.97. The van der Waals surface area contributed by atoms with Crippen molar-refractivity contribution in [2.45, 2.75) is 18.8 Å². The molecule has 1 aliphatic heterocycles. The molecule has 1 unspecified atom stereocenters. The number of nitrogens with zero attached hydrogens (tertiary/aromatic N) is 1. The summed E-state index contributed by atoms with van der Waals surface area (Å²) in [5, 5.41) is 18.7. The number of benzene rings is 1. The second kappa shape index (κ2) is 4.09. The molecule has 2 rings (SSSR count). The topological polar surface area (TPSA) is 43.7 Å². The van der Waals surface area contributed by atoms with E-state index >= 15 is 0 Å². The van der Waals surface area contributed by atoms with Crippen molar-refractivity contribution in [2.24, 2.45) is 0 Å². The summed E-state index contributed by atoms with van der Waals surface area (Å²) in [6.07, 6.45) is -1.17. The number of likely N-dealkylation sites (tertiary alicyclic amines) is 1. The third-order valence-electron chi connectivity index (χ3n) is 2.58. The molecule has 1 heterocycles. The molecule has 0 amide bonds. The van der Waals surface area contributed by atoms with Crippen molar-refractivity contribution in [3.63, 3.8) is 0 Å². The fourth-order valence-corrected chi connectivity index (χ4v) is 1.82. The molecule has 2 atom stereocenters. The summed E-state index contributed by atoms with van der Waals surface area (Å²) in [7, 11) is 0. The average Bonchev–Trinajstić information content (AvgIpc) is 2.47. The summed E-state index contributed by atoms with van der Waals surface area (Å²) in [5.41, 5.74) is 1.22. The maximum absolute atomic E-state index is 9.35. The molecule has 1 aromatic rings. The van der Waals surface area contributed by atoms with E-state index in [1.807, 2.05) is 18.2 Å². The second-order valence-corrected chi connectivity index (χ2v) is 3.81. The first-order valence-electron chi connectivity index (χ1n) is 4.88. The van der Waals surface area contributed by atoms with E-state index in [9.17, 15) is 10.2 Å². The minimum Gasteiger partial charge on any atom is -0.389 e. The van der Waals surface area contributed by atoms with E-state index < -0.39 is 12.2 Å². The van der Waals surface area contributed by atoms with Gasteiger partial charge in [0.15, 0.2) is 0 Å². The maximum Gasteiger partial charge on any atom is 0.0938 e. The lowest BCUT2D eigenvalue weighted by Crippen LogP contribution is -2.22. The number of hydrogen-bond donors (Lipinski definition) is 2. The molecule has 0 aliphatic carbocycles. The van der Waals surface area contributed by atoms with Crippen LogP contribution < -0.4 is 0 Å². The summed E-state index contributed by atoms with van der Waals surface area (Å²) in [4.78, 5) is 2.06. The van der Waals surface area contributed by atoms with Crippen molar-refractivity contribution in [1.29, 1.82) is 0 Å². The molecular formula is C11H15NO2. The Labute approximate surface area is 83.6 Å². The molecular weight excluding hydrogens is 178 g/mol. The fraction of sp³-hybridized carbons (Fsp3) is 0.455. The van der Waals surface area contributed by atoms with Crippen LogP contribution >= 0.6 is 0 Å². The molecule has 14 heavy (non-hydrogen) atoms. The average molecular weight is 193 g/mol. The summed E-state index contributed by atoms with van der Waals surface area (Å²) in [6.45, 7) is 1.93. The third kappa shape index (κ3) is 2.12. The second-order valence-electron chi connectivity index (χ2n) is 3.81. The Morgan fingerprint density at radius 3 is 2.21 bits per heavy atom. The van der Waals surface area contributed by atoms with Crippen molar-refractivity contribution in [3.05, 3.63) is 35.9 Å². The molecule has 1 fully saturated rings. The molecule has 3 heteroatoms. The van der Waals surface area contributed by atoms with E-state index in [-0.39, 0.29) is 0 Å². The lowest BCUT2D eigenvalue weighted by molar-refractivity contribution is 0.0572. The number of hydrogen-bond acceptors (Lipinski definition) is 3. The van der Waals surface area contributed by atoms with Crippen LogP contribution in [0.4, 0.5) is 0 Å². The third-order valence-corrected chi connectivity index (χ3v) is 2.58. The molecule has 1 saturated heterocycles. The lowest BCUT2D eigenvalue weighted by Gasteiger charge is -2.14. The number of aliphatic hydroxyl groups is 2. The van der Waals surface area contributed by atoms with Crippen molar-refractivity contribution < 1.29 is 10.2 Å². The van der Waals surface area contributed by atoms with Crippen LogP contribution in [0.2, 0.25) is 0 Å². The van der Waals surface area contributed by atoms with E-state index in [1.54, 1.807) is 0 Å². The fourth-order valence-electron chi connectivity index (χ4n) is 1.82. The lowest BCUT2D eigenvalue weighted by atomic mass is 10.2. The van der Waals surface area contributed by atoms with Gasteiger partial charge in [0.2, 0.25) is 0 Å². The zero-order valence-corrected chi connectivity index (χ0v) is 8.00. The SMILES string of the molecule is OC1CN(Cc2ccccc2)C[C@H]1O. The Morgan fingerprint density at radius 2 is 1.64 bits per heavy atom. The van der Waals surface area contributed by atoms with Gasteiger partial charge in [0.05, 0.1) is 12.2 Å². The summed E-state index contributed by atoms with van der Waals surface area (Å²) >= 11 is 0. The van der Waals surface area contributed by atoms with Crippen LogP contribution in [-0.4, -0.2) is 40.4 Å². The Kier molecular flexibility index (Phi) is 2.82. The van der Waals surface area contributed by atoms with Crippen molar-refractivity contribution in [1.82, 2.24) is 4.90 Å². The molecule has 76 valence electrons. The predicted octanol–water partition coefficient (Wildman–Crippen LogP) is 0.224.